The van der Waals surface area contributed by atoms with E-state index in [4.69, 9.17) is 5.73 Å². The van der Waals surface area contributed by atoms with Gasteiger partial charge in [0.25, 0.3) is 0 Å². The first-order valence-corrected chi connectivity index (χ1v) is 8.88. The number of anilines is 2. The maximum absolute atomic E-state index is 14.5. The van der Waals surface area contributed by atoms with Crippen LogP contribution in [0.25, 0.3) is 22.0 Å². The lowest BCUT2D eigenvalue weighted by atomic mass is 10.1. The molecule has 0 fully saturated rings. The number of hydrogen-bond acceptors (Lipinski definition) is 6. The van der Waals surface area contributed by atoms with Gasteiger partial charge >= 0.3 is 0 Å². The first-order valence-electron chi connectivity index (χ1n) is 8.08. The Hall–Kier alpha value is -3.07. The molecular formula is C18H15BrFN7. The molecule has 3 N–H and O–H groups in total. The highest BCUT2D eigenvalue weighted by Gasteiger charge is 2.10. The molecule has 7 nitrogen and oxygen atoms in total. The molecular weight excluding hydrogens is 413 g/mol. The van der Waals surface area contributed by atoms with E-state index in [0.29, 0.717) is 21.5 Å². The summed E-state index contributed by atoms with van der Waals surface area (Å²) < 4.78 is 16.7. The number of benzene rings is 1. The zero-order valence-corrected chi connectivity index (χ0v) is 15.9. The molecule has 4 aromatic rings. The number of nitrogens with one attached hydrogen (secondary N) is 1. The minimum atomic E-state index is -0.349. The monoisotopic (exact) mass is 427 g/mol. The lowest BCUT2D eigenvalue weighted by Crippen LogP contribution is -2.07. The second-order valence-corrected chi connectivity index (χ2v) is 6.86. The number of nitrogen functional groups attached to an aromatic ring is 1. The van der Waals surface area contributed by atoms with Crippen LogP contribution in [0, 0.1) is 5.82 Å². The van der Waals surface area contributed by atoms with E-state index in [0.717, 1.165) is 16.5 Å². The van der Waals surface area contributed by atoms with Crippen molar-refractivity contribution in [1.82, 2.24) is 24.7 Å². The second-order valence-electron chi connectivity index (χ2n) is 6.04. The van der Waals surface area contributed by atoms with Gasteiger partial charge in [-0.15, -0.1) is 0 Å². The minimum Gasteiger partial charge on any atom is -0.381 e. The van der Waals surface area contributed by atoms with E-state index in [-0.39, 0.29) is 18.2 Å². The molecule has 0 bridgehead atoms. The van der Waals surface area contributed by atoms with Crippen molar-refractivity contribution in [3.05, 3.63) is 59.0 Å². The molecule has 0 saturated carbocycles. The molecule has 0 aliphatic carbocycles. The molecule has 27 heavy (non-hydrogen) atoms. The molecule has 0 amide bonds. The zero-order chi connectivity index (χ0) is 19.0. The van der Waals surface area contributed by atoms with E-state index < -0.39 is 0 Å². The van der Waals surface area contributed by atoms with Crippen molar-refractivity contribution in [1.29, 1.82) is 0 Å². The van der Waals surface area contributed by atoms with Crippen LogP contribution >= 0.6 is 15.9 Å². The highest BCUT2D eigenvalue weighted by atomic mass is 79.9. The Labute approximate surface area is 162 Å². The largest absolute Gasteiger partial charge is 0.381 e. The van der Waals surface area contributed by atoms with Gasteiger partial charge in [0, 0.05) is 54.1 Å². The number of nitrogens with zero attached hydrogens (tertiary/aromatic N) is 5. The van der Waals surface area contributed by atoms with Crippen molar-refractivity contribution in [2.45, 2.75) is 6.54 Å². The van der Waals surface area contributed by atoms with Gasteiger partial charge in [0.15, 0.2) is 11.6 Å². The number of aryl methyl sites for hydroxylation is 1. The lowest BCUT2D eigenvalue weighted by molar-refractivity contribution is 0.614. The second kappa shape index (κ2) is 6.92. The minimum absolute atomic E-state index is 0.216. The Morgan fingerprint density at radius 1 is 1.15 bits per heavy atom. The highest BCUT2D eigenvalue weighted by molar-refractivity contribution is 9.10. The van der Waals surface area contributed by atoms with Crippen LogP contribution < -0.4 is 11.1 Å². The molecule has 0 saturated heterocycles. The van der Waals surface area contributed by atoms with Gasteiger partial charge < -0.3 is 11.1 Å². The molecule has 0 atom stereocenters. The van der Waals surface area contributed by atoms with Crippen molar-refractivity contribution < 1.29 is 4.39 Å². The number of halogens is 2. The van der Waals surface area contributed by atoms with Crippen molar-refractivity contribution in [3.8, 4) is 11.1 Å². The molecule has 3 aromatic heterocycles. The summed E-state index contributed by atoms with van der Waals surface area (Å²) in [7, 11) is 1.85. The SMILES string of the molecule is Cn1cc(-c2cnc3cc(F)c(CNc4nc(Br)cnc4N)cc3c2)cn1. The van der Waals surface area contributed by atoms with E-state index >= 15 is 0 Å². The van der Waals surface area contributed by atoms with Crippen molar-refractivity contribution in [2.24, 2.45) is 7.05 Å². The summed E-state index contributed by atoms with van der Waals surface area (Å²) in [5.74, 6) is 0.296. The fourth-order valence-corrected chi connectivity index (χ4v) is 3.03. The Morgan fingerprint density at radius 2 is 2.00 bits per heavy atom. The maximum atomic E-state index is 14.5. The topological polar surface area (TPSA) is 94.5 Å². The summed E-state index contributed by atoms with van der Waals surface area (Å²) >= 11 is 3.24. The van der Waals surface area contributed by atoms with Crippen LogP contribution in [0.1, 0.15) is 5.56 Å². The van der Waals surface area contributed by atoms with Gasteiger partial charge in [-0.2, -0.15) is 5.10 Å². The summed E-state index contributed by atoms with van der Waals surface area (Å²) in [4.78, 5) is 12.6. The number of hydrogen-bond donors (Lipinski definition) is 2. The van der Waals surface area contributed by atoms with Gasteiger partial charge in [0.1, 0.15) is 10.4 Å². The molecule has 4 rings (SSSR count). The number of rotatable bonds is 4. The first-order chi connectivity index (χ1) is 13.0. The molecule has 0 unspecified atom stereocenters. The van der Waals surface area contributed by atoms with E-state index in [1.165, 1.54) is 12.3 Å². The Kier molecular flexibility index (Phi) is 4.44. The fourth-order valence-electron chi connectivity index (χ4n) is 2.75. The van der Waals surface area contributed by atoms with Crippen LogP contribution in [-0.4, -0.2) is 24.7 Å². The van der Waals surface area contributed by atoms with Gasteiger partial charge in [-0.25, -0.2) is 14.4 Å². The summed E-state index contributed by atoms with van der Waals surface area (Å²) in [6.45, 7) is 0.216. The van der Waals surface area contributed by atoms with E-state index in [2.05, 4.69) is 41.3 Å². The van der Waals surface area contributed by atoms with Gasteiger partial charge in [0.05, 0.1) is 17.9 Å². The van der Waals surface area contributed by atoms with Gasteiger partial charge in [-0.05, 0) is 28.1 Å². The molecule has 0 spiro atoms. The number of pyridine rings is 1. The lowest BCUT2D eigenvalue weighted by Gasteiger charge is -2.10. The number of aromatic nitrogens is 5. The van der Waals surface area contributed by atoms with Crippen LogP contribution in [0.3, 0.4) is 0 Å². The summed E-state index contributed by atoms with van der Waals surface area (Å²) in [5, 5.41) is 8.03. The van der Waals surface area contributed by atoms with Crippen LogP contribution in [0.15, 0.2) is 47.6 Å². The van der Waals surface area contributed by atoms with Gasteiger partial charge in [0.2, 0.25) is 0 Å². The standard InChI is InChI=1S/C18H15BrFN7/c1-27-9-13(7-25-27)11-2-10-3-12(14(20)4-15(10)22-5-11)6-24-18-17(21)23-8-16(19)26-18/h2-5,7-9H,6H2,1H3,(H2,21,23)(H,24,26). The summed E-state index contributed by atoms with van der Waals surface area (Å²) in [6.07, 6.45) is 6.89. The maximum Gasteiger partial charge on any atom is 0.170 e. The zero-order valence-electron chi connectivity index (χ0n) is 14.3. The molecule has 0 radical (unpaired) electrons. The average Bonchev–Trinajstić information content (AvgIpc) is 3.08. The Morgan fingerprint density at radius 3 is 2.78 bits per heavy atom. The molecule has 1 aromatic carbocycles. The van der Waals surface area contributed by atoms with Crippen molar-refractivity contribution >= 4 is 38.5 Å². The Bertz CT molecular complexity index is 1140. The van der Waals surface area contributed by atoms with Crippen LogP contribution in [0.4, 0.5) is 16.0 Å². The van der Waals surface area contributed by atoms with E-state index in [1.807, 2.05) is 19.3 Å². The van der Waals surface area contributed by atoms with Crippen LogP contribution in [0.5, 0.6) is 0 Å². The number of nitrogens with two attached hydrogens (primary N) is 1. The summed E-state index contributed by atoms with van der Waals surface area (Å²) in [5.41, 5.74) is 8.74. The normalized spacial score (nSPS) is 11.1. The Balaban J connectivity index is 1.66. The van der Waals surface area contributed by atoms with Gasteiger partial charge in [-0.1, -0.05) is 0 Å². The third kappa shape index (κ3) is 3.59. The van der Waals surface area contributed by atoms with Crippen LogP contribution in [-0.2, 0) is 13.6 Å². The summed E-state index contributed by atoms with van der Waals surface area (Å²) in [6, 6.07) is 5.16. The highest BCUT2D eigenvalue weighted by Crippen LogP contribution is 2.25. The molecule has 136 valence electrons. The van der Waals surface area contributed by atoms with Crippen molar-refractivity contribution in [2.75, 3.05) is 11.1 Å². The fraction of sp³-hybridized carbons (Fsp3) is 0.111. The third-order valence-electron chi connectivity index (χ3n) is 4.11. The quantitative estimate of drug-likeness (QED) is 0.517. The van der Waals surface area contributed by atoms with E-state index in [9.17, 15) is 4.39 Å². The van der Waals surface area contributed by atoms with Crippen LogP contribution in [0.2, 0.25) is 0 Å². The molecule has 0 aliphatic rings. The first kappa shape index (κ1) is 17.3. The molecule has 9 heteroatoms. The van der Waals surface area contributed by atoms with Gasteiger partial charge in [-0.3, -0.25) is 9.67 Å². The van der Waals surface area contributed by atoms with E-state index in [1.54, 1.807) is 23.1 Å². The predicted octanol–water partition coefficient (Wildman–Crippen LogP) is 3.52. The smallest absolute Gasteiger partial charge is 0.170 e. The third-order valence-corrected chi connectivity index (χ3v) is 4.49. The average molecular weight is 428 g/mol. The predicted molar refractivity (Wildman–Crippen MR) is 105 cm³/mol. The molecule has 0 aliphatic heterocycles. The van der Waals surface area contributed by atoms with Crippen molar-refractivity contribution in [3.63, 3.8) is 0 Å². The molecule has 3 heterocycles. The number of fused-ring (bicyclic) bond motifs is 1.